The summed E-state index contributed by atoms with van der Waals surface area (Å²) in [6.07, 6.45) is 0. The molecule has 1 heterocycles. The number of nitrogens with zero attached hydrogens (tertiary/aromatic N) is 2. The summed E-state index contributed by atoms with van der Waals surface area (Å²) in [6.45, 7) is 1.75. The molecule has 1 unspecified atom stereocenters. The maximum Gasteiger partial charge on any atom is 0.280 e. The minimum absolute atomic E-state index is 0.209. The Balaban J connectivity index is 2.62. The van der Waals surface area contributed by atoms with Crippen molar-refractivity contribution in [2.75, 3.05) is 39.9 Å². The number of piperazine rings is 1. The molecule has 0 saturated carbocycles. The van der Waals surface area contributed by atoms with Gasteiger partial charge < -0.3 is 10.1 Å². The van der Waals surface area contributed by atoms with Crippen LogP contribution in [0.4, 0.5) is 0 Å². The third-order valence-electron chi connectivity index (χ3n) is 2.24. The lowest BCUT2D eigenvalue weighted by Gasteiger charge is -2.30. The molecule has 1 rings (SSSR count). The number of rotatable bonds is 5. The minimum Gasteiger partial charge on any atom is -0.383 e. The fourth-order valence-corrected chi connectivity index (χ4v) is 2.73. The van der Waals surface area contributed by atoms with Gasteiger partial charge in [0.05, 0.1) is 12.7 Å². The van der Waals surface area contributed by atoms with Crippen LogP contribution in [0.15, 0.2) is 0 Å². The second kappa shape index (κ2) is 6.12. The van der Waals surface area contributed by atoms with Crippen molar-refractivity contribution in [1.29, 1.82) is 5.26 Å². The predicted octanol–water partition coefficient (Wildman–Crippen LogP) is -1.74. The lowest BCUT2D eigenvalue weighted by Crippen LogP contribution is -2.56. The van der Waals surface area contributed by atoms with Crippen molar-refractivity contribution in [3.05, 3.63) is 0 Å². The van der Waals surface area contributed by atoms with Crippen LogP contribution in [0.2, 0.25) is 0 Å². The second-order valence-electron chi connectivity index (χ2n) is 3.35. The first-order valence-electron chi connectivity index (χ1n) is 4.97. The van der Waals surface area contributed by atoms with Crippen molar-refractivity contribution in [3.8, 4) is 6.07 Å². The molecule has 92 valence electrons. The summed E-state index contributed by atoms with van der Waals surface area (Å²) in [7, 11) is -2.08. The van der Waals surface area contributed by atoms with E-state index in [0.29, 0.717) is 26.2 Å². The minimum atomic E-state index is -3.58. The van der Waals surface area contributed by atoms with Gasteiger partial charge in [-0.2, -0.15) is 22.7 Å². The van der Waals surface area contributed by atoms with Crippen molar-refractivity contribution in [3.63, 3.8) is 0 Å². The van der Waals surface area contributed by atoms with Gasteiger partial charge in [0.2, 0.25) is 0 Å². The molecule has 16 heavy (non-hydrogen) atoms. The van der Waals surface area contributed by atoms with E-state index in [1.165, 1.54) is 11.4 Å². The highest BCUT2D eigenvalue weighted by molar-refractivity contribution is 7.87. The van der Waals surface area contributed by atoms with Gasteiger partial charge in [-0.3, -0.25) is 0 Å². The van der Waals surface area contributed by atoms with Crippen molar-refractivity contribution < 1.29 is 13.2 Å². The standard InChI is InChI=1S/C8H16N4O3S/c1-15-5-3-11-16(13,14)12-4-2-10-7-8(12)6-9/h8,10-11H,2-5,7H2,1H3. The Bertz CT molecular complexity index is 351. The molecule has 0 amide bonds. The lowest BCUT2D eigenvalue weighted by atomic mass is 10.3. The van der Waals surface area contributed by atoms with E-state index in [4.69, 9.17) is 10.00 Å². The van der Waals surface area contributed by atoms with Gasteiger partial charge in [-0.05, 0) is 0 Å². The summed E-state index contributed by atoms with van der Waals surface area (Å²) in [6, 6.07) is 1.32. The summed E-state index contributed by atoms with van der Waals surface area (Å²) in [4.78, 5) is 0. The van der Waals surface area contributed by atoms with Crippen molar-refractivity contribution in [1.82, 2.24) is 14.3 Å². The van der Waals surface area contributed by atoms with Gasteiger partial charge in [-0.25, -0.2) is 0 Å². The highest BCUT2D eigenvalue weighted by atomic mass is 32.2. The van der Waals surface area contributed by atoms with Gasteiger partial charge in [-0.1, -0.05) is 0 Å². The number of methoxy groups -OCH3 is 1. The predicted molar refractivity (Wildman–Crippen MR) is 57.8 cm³/mol. The fourth-order valence-electron chi connectivity index (χ4n) is 1.44. The Morgan fingerprint density at radius 2 is 2.44 bits per heavy atom. The molecule has 1 fully saturated rings. The number of nitrogens with one attached hydrogen (secondary N) is 2. The average molecular weight is 248 g/mol. The largest absolute Gasteiger partial charge is 0.383 e. The van der Waals surface area contributed by atoms with E-state index in [-0.39, 0.29) is 6.54 Å². The monoisotopic (exact) mass is 248 g/mol. The van der Waals surface area contributed by atoms with Gasteiger partial charge >= 0.3 is 0 Å². The van der Waals surface area contributed by atoms with E-state index in [9.17, 15) is 8.42 Å². The molecule has 1 saturated heterocycles. The number of hydrogen-bond donors (Lipinski definition) is 2. The Morgan fingerprint density at radius 1 is 1.69 bits per heavy atom. The number of ether oxygens (including phenoxy) is 1. The Morgan fingerprint density at radius 3 is 3.06 bits per heavy atom. The van der Waals surface area contributed by atoms with Crippen LogP contribution in [-0.4, -0.2) is 58.7 Å². The molecular weight excluding hydrogens is 232 g/mol. The van der Waals surface area contributed by atoms with Gasteiger partial charge in [0, 0.05) is 33.3 Å². The SMILES string of the molecule is COCCNS(=O)(=O)N1CCNCC1C#N. The van der Waals surface area contributed by atoms with Gasteiger partial charge in [-0.15, -0.1) is 0 Å². The van der Waals surface area contributed by atoms with E-state index in [1.54, 1.807) is 0 Å². The summed E-state index contributed by atoms with van der Waals surface area (Å²) in [5.41, 5.74) is 0. The molecular formula is C8H16N4O3S. The maximum absolute atomic E-state index is 11.8. The summed E-state index contributed by atoms with van der Waals surface area (Å²) < 4.78 is 31.9. The number of nitriles is 1. The molecule has 0 spiro atoms. The highest BCUT2D eigenvalue weighted by Crippen LogP contribution is 2.07. The smallest absolute Gasteiger partial charge is 0.280 e. The fraction of sp³-hybridized carbons (Fsp3) is 0.875. The molecule has 0 aliphatic carbocycles. The molecule has 8 heteroatoms. The van der Waals surface area contributed by atoms with E-state index < -0.39 is 16.3 Å². The first-order chi connectivity index (χ1) is 7.61. The van der Waals surface area contributed by atoms with E-state index in [2.05, 4.69) is 10.0 Å². The van der Waals surface area contributed by atoms with Crippen LogP contribution < -0.4 is 10.0 Å². The molecule has 1 aliphatic heterocycles. The van der Waals surface area contributed by atoms with E-state index in [1.807, 2.05) is 6.07 Å². The van der Waals surface area contributed by atoms with Crippen molar-refractivity contribution in [2.45, 2.75) is 6.04 Å². The average Bonchev–Trinajstić information content (AvgIpc) is 2.29. The molecule has 0 aromatic heterocycles. The Kier molecular flexibility index (Phi) is 5.11. The van der Waals surface area contributed by atoms with E-state index >= 15 is 0 Å². The van der Waals surface area contributed by atoms with Crippen LogP contribution in [0, 0.1) is 11.3 Å². The zero-order valence-electron chi connectivity index (χ0n) is 9.14. The first kappa shape index (κ1) is 13.3. The zero-order chi connectivity index (χ0) is 12.0. The Hall–Kier alpha value is -0.720. The lowest BCUT2D eigenvalue weighted by molar-refractivity contribution is 0.203. The summed E-state index contributed by atoms with van der Waals surface area (Å²) >= 11 is 0. The van der Waals surface area contributed by atoms with Crippen LogP contribution in [0.5, 0.6) is 0 Å². The van der Waals surface area contributed by atoms with Gasteiger partial charge in [0.15, 0.2) is 0 Å². The molecule has 7 nitrogen and oxygen atoms in total. The van der Waals surface area contributed by atoms with Crippen molar-refractivity contribution in [2.24, 2.45) is 0 Å². The Labute approximate surface area is 95.5 Å². The number of hydrogen-bond acceptors (Lipinski definition) is 5. The third kappa shape index (κ3) is 3.40. The molecule has 0 aromatic carbocycles. The van der Waals surface area contributed by atoms with Crippen LogP contribution >= 0.6 is 0 Å². The van der Waals surface area contributed by atoms with Crippen LogP contribution in [-0.2, 0) is 14.9 Å². The van der Waals surface area contributed by atoms with Crippen LogP contribution in [0.1, 0.15) is 0 Å². The third-order valence-corrected chi connectivity index (χ3v) is 3.87. The summed E-state index contributed by atoms with van der Waals surface area (Å²) in [5, 5.41) is 11.8. The first-order valence-corrected chi connectivity index (χ1v) is 6.41. The highest BCUT2D eigenvalue weighted by Gasteiger charge is 2.31. The molecule has 0 radical (unpaired) electrons. The molecule has 1 atom stereocenters. The quantitative estimate of drug-likeness (QED) is 0.563. The van der Waals surface area contributed by atoms with Gasteiger partial charge in [0.25, 0.3) is 10.2 Å². The van der Waals surface area contributed by atoms with Crippen LogP contribution in [0.3, 0.4) is 0 Å². The van der Waals surface area contributed by atoms with Gasteiger partial charge in [0.1, 0.15) is 6.04 Å². The molecule has 0 bridgehead atoms. The van der Waals surface area contributed by atoms with E-state index in [0.717, 1.165) is 0 Å². The van der Waals surface area contributed by atoms with Crippen LogP contribution in [0.25, 0.3) is 0 Å². The normalized spacial score (nSPS) is 22.9. The van der Waals surface area contributed by atoms with Crippen molar-refractivity contribution >= 4 is 10.2 Å². The molecule has 2 N–H and O–H groups in total. The maximum atomic E-state index is 11.8. The molecule has 1 aliphatic rings. The summed E-state index contributed by atoms with van der Waals surface area (Å²) in [5.74, 6) is 0. The second-order valence-corrected chi connectivity index (χ2v) is 5.06. The topological polar surface area (TPSA) is 94.5 Å². The molecule has 0 aromatic rings. The zero-order valence-corrected chi connectivity index (χ0v) is 9.96.